The van der Waals surface area contributed by atoms with Gasteiger partial charge in [0.1, 0.15) is 0 Å². The lowest BCUT2D eigenvalue weighted by Crippen LogP contribution is -2.21. The third-order valence-corrected chi connectivity index (χ3v) is 6.43. The molecule has 3 aromatic carbocycles. The number of nitrogens with zero attached hydrogens (tertiary/aromatic N) is 6. The minimum absolute atomic E-state index is 0.139. The van der Waals surface area contributed by atoms with Crippen LogP contribution >= 0.6 is 11.8 Å². The fourth-order valence-electron chi connectivity index (χ4n) is 3.84. The van der Waals surface area contributed by atoms with E-state index >= 15 is 0 Å². The number of aromatic nitrogens is 6. The van der Waals surface area contributed by atoms with Crippen LogP contribution in [-0.4, -0.2) is 29.3 Å². The first kappa shape index (κ1) is 20.4. The van der Waals surface area contributed by atoms with Crippen LogP contribution in [0.4, 0.5) is 0 Å². The highest BCUT2D eigenvalue weighted by atomic mass is 32.2. The Morgan fingerprint density at radius 3 is 2.50 bits per heavy atom. The minimum atomic E-state index is -0.139. The summed E-state index contributed by atoms with van der Waals surface area (Å²) < 4.78 is 8.94. The molecule has 0 atom stereocenters. The molecule has 0 bridgehead atoms. The molecule has 0 saturated carbocycles. The van der Waals surface area contributed by atoms with E-state index in [0.717, 1.165) is 22.3 Å². The highest BCUT2D eigenvalue weighted by molar-refractivity contribution is 7.98. The largest absolute Gasteiger partial charge is 0.338 e. The molecule has 34 heavy (non-hydrogen) atoms. The second kappa shape index (κ2) is 8.27. The number of fused-ring (bicyclic) bond motifs is 3. The van der Waals surface area contributed by atoms with Gasteiger partial charge in [-0.05, 0) is 31.2 Å². The van der Waals surface area contributed by atoms with Crippen LogP contribution in [0.25, 0.3) is 33.8 Å². The van der Waals surface area contributed by atoms with Gasteiger partial charge in [-0.2, -0.15) is 4.98 Å². The van der Waals surface area contributed by atoms with Crippen molar-refractivity contribution in [3.63, 3.8) is 0 Å². The zero-order valence-electron chi connectivity index (χ0n) is 18.1. The van der Waals surface area contributed by atoms with E-state index in [4.69, 9.17) is 4.52 Å². The Labute approximate surface area is 197 Å². The van der Waals surface area contributed by atoms with Gasteiger partial charge in [0.15, 0.2) is 5.16 Å². The van der Waals surface area contributed by atoms with Gasteiger partial charge in [0.25, 0.3) is 5.56 Å². The molecule has 6 aromatic rings. The van der Waals surface area contributed by atoms with Crippen molar-refractivity contribution in [3.8, 4) is 17.1 Å². The van der Waals surface area contributed by atoms with Crippen molar-refractivity contribution < 1.29 is 4.52 Å². The topological polar surface area (TPSA) is 91.1 Å². The molecule has 0 N–H and O–H groups in total. The molecule has 0 saturated heterocycles. The molecule has 0 aliphatic heterocycles. The van der Waals surface area contributed by atoms with Gasteiger partial charge < -0.3 is 4.52 Å². The maximum absolute atomic E-state index is 13.4. The second-order valence-corrected chi connectivity index (χ2v) is 8.72. The molecule has 0 amide bonds. The van der Waals surface area contributed by atoms with E-state index in [9.17, 15) is 4.79 Å². The van der Waals surface area contributed by atoms with Crippen LogP contribution in [-0.2, 0) is 5.75 Å². The first-order chi connectivity index (χ1) is 16.7. The lowest BCUT2D eigenvalue weighted by atomic mass is 10.2. The van der Waals surface area contributed by atoms with E-state index in [1.165, 1.54) is 11.8 Å². The molecule has 3 aromatic heterocycles. The number of benzene rings is 3. The zero-order valence-corrected chi connectivity index (χ0v) is 18.9. The lowest BCUT2D eigenvalue weighted by molar-refractivity contribution is 0.391. The normalized spacial score (nSPS) is 11.4. The maximum Gasteiger partial charge on any atom is 0.267 e. The molecular weight excluding hydrogens is 448 g/mol. The van der Waals surface area contributed by atoms with E-state index in [1.807, 2.05) is 90.2 Å². The first-order valence-electron chi connectivity index (χ1n) is 10.7. The Morgan fingerprint density at radius 1 is 0.912 bits per heavy atom. The SMILES string of the molecule is Cc1ccc(-n2c(=O)c3ccccc3n3c(SCc4nc(-c5ccccc5)no4)nnc23)cc1. The van der Waals surface area contributed by atoms with Crippen LogP contribution < -0.4 is 5.56 Å². The number of thioether (sulfide) groups is 1. The molecule has 8 nitrogen and oxygen atoms in total. The molecule has 0 unspecified atom stereocenters. The summed E-state index contributed by atoms with van der Waals surface area (Å²) in [6, 6.07) is 24.9. The summed E-state index contributed by atoms with van der Waals surface area (Å²) >= 11 is 1.42. The quantitative estimate of drug-likeness (QED) is 0.341. The predicted octanol–water partition coefficient (Wildman–Crippen LogP) is 4.68. The second-order valence-electron chi connectivity index (χ2n) is 7.78. The van der Waals surface area contributed by atoms with Crippen molar-refractivity contribution in [1.82, 2.24) is 29.3 Å². The summed E-state index contributed by atoms with van der Waals surface area (Å²) in [6.45, 7) is 2.01. The van der Waals surface area contributed by atoms with Crippen molar-refractivity contribution in [1.29, 1.82) is 0 Å². The predicted molar refractivity (Wildman–Crippen MR) is 130 cm³/mol. The fraction of sp³-hybridized carbons (Fsp3) is 0.0800. The molecular formula is C25H18N6O2S. The molecule has 0 aliphatic rings. The van der Waals surface area contributed by atoms with Crippen LogP contribution in [0.1, 0.15) is 11.5 Å². The van der Waals surface area contributed by atoms with Gasteiger partial charge in [0, 0.05) is 5.56 Å². The molecule has 9 heteroatoms. The van der Waals surface area contributed by atoms with E-state index in [1.54, 1.807) is 4.57 Å². The zero-order chi connectivity index (χ0) is 23.1. The number of hydrogen-bond donors (Lipinski definition) is 0. The van der Waals surface area contributed by atoms with Gasteiger partial charge in [-0.1, -0.05) is 77.1 Å². The van der Waals surface area contributed by atoms with E-state index in [2.05, 4.69) is 20.3 Å². The van der Waals surface area contributed by atoms with E-state index in [-0.39, 0.29) is 5.56 Å². The van der Waals surface area contributed by atoms with E-state index < -0.39 is 0 Å². The van der Waals surface area contributed by atoms with Crippen LogP contribution in [0, 0.1) is 6.92 Å². The number of aryl methyl sites for hydroxylation is 1. The van der Waals surface area contributed by atoms with Crippen molar-refractivity contribution in [2.45, 2.75) is 17.8 Å². The van der Waals surface area contributed by atoms with Gasteiger partial charge in [-0.25, -0.2) is 4.57 Å². The molecule has 6 rings (SSSR count). The summed E-state index contributed by atoms with van der Waals surface area (Å²) in [5, 5.41) is 14.1. The average molecular weight is 467 g/mol. The van der Waals surface area contributed by atoms with Gasteiger partial charge in [-0.15, -0.1) is 10.2 Å². The standard InChI is InChI=1S/C25H18N6O2S/c1-16-11-13-18(14-12-16)30-23(32)19-9-5-6-10-20(19)31-24(30)27-28-25(31)34-15-21-26-22(29-33-21)17-7-3-2-4-8-17/h2-14H,15H2,1H3. The van der Waals surface area contributed by atoms with Gasteiger partial charge in [0.2, 0.25) is 17.5 Å². The monoisotopic (exact) mass is 466 g/mol. The average Bonchev–Trinajstić information content (AvgIpc) is 3.52. The molecule has 166 valence electrons. The Hall–Kier alpha value is -4.24. The van der Waals surface area contributed by atoms with Gasteiger partial charge >= 0.3 is 0 Å². The third-order valence-electron chi connectivity index (χ3n) is 5.51. The Bertz CT molecular complexity index is 1690. The highest BCUT2D eigenvalue weighted by Gasteiger charge is 2.19. The number of hydrogen-bond acceptors (Lipinski definition) is 7. The van der Waals surface area contributed by atoms with Crippen LogP contribution in [0.2, 0.25) is 0 Å². The lowest BCUT2D eigenvalue weighted by Gasteiger charge is -2.11. The molecule has 0 radical (unpaired) electrons. The molecule has 0 spiro atoms. The summed E-state index contributed by atoms with van der Waals surface area (Å²) in [5.74, 6) is 1.89. The number of rotatable bonds is 5. The maximum atomic E-state index is 13.4. The highest BCUT2D eigenvalue weighted by Crippen LogP contribution is 2.26. The summed E-state index contributed by atoms with van der Waals surface area (Å²) in [5.41, 5.74) is 3.35. The van der Waals surface area contributed by atoms with E-state index in [0.29, 0.717) is 33.8 Å². The van der Waals surface area contributed by atoms with Gasteiger partial charge in [-0.3, -0.25) is 9.20 Å². The van der Waals surface area contributed by atoms with Crippen molar-refractivity contribution in [2.24, 2.45) is 0 Å². The summed E-state index contributed by atoms with van der Waals surface area (Å²) in [4.78, 5) is 17.9. The number of para-hydroxylation sites is 1. The van der Waals surface area contributed by atoms with Crippen molar-refractivity contribution >= 4 is 28.4 Å². The smallest absolute Gasteiger partial charge is 0.267 e. The Morgan fingerprint density at radius 2 is 1.68 bits per heavy atom. The Balaban J connectivity index is 1.43. The fourth-order valence-corrected chi connectivity index (χ4v) is 4.62. The minimum Gasteiger partial charge on any atom is -0.338 e. The first-order valence-corrected chi connectivity index (χ1v) is 11.6. The van der Waals surface area contributed by atoms with Gasteiger partial charge in [0.05, 0.1) is 22.3 Å². The van der Waals surface area contributed by atoms with Crippen LogP contribution in [0.5, 0.6) is 0 Å². The van der Waals surface area contributed by atoms with Crippen LogP contribution in [0.15, 0.2) is 93.3 Å². The van der Waals surface area contributed by atoms with Crippen LogP contribution in [0.3, 0.4) is 0 Å². The summed E-state index contributed by atoms with van der Waals surface area (Å²) in [6.07, 6.45) is 0. The van der Waals surface area contributed by atoms with Crippen molar-refractivity contribution in [3.05, 3.63) is 101 Å². The molecule has 0 aliphatic carbocycles. The van der Waals surface area contributed by atoms with Crippen molar-refractivity contribution in [2.75, 3.05) is 0 Å². The third kappa shape index (κ3) is 3.46. The molecule has 3 heterocycles. The Kier molecular flexibility index (Phi) is 4.96. The molecule has 0 fully saturated rings. The summed E-state index contributed by atoms with van der Waals surface area (Å²) in [7, 11) is 0.